The molecule has 19 aromatic carbocycles. The molecule has 0 radical (unpaired) electrons. The Bertz CT molecular complexity index is 8890. The van der Waals surface area contributed by atoms with Crippen LogP contribution in [0, 0.1) is 11.3 Å². The third-order valence-electron chi connectivity index (χ3n) is 25.8. The second kappa shape index (κ2) is 35.3. The van der Waals surface area contributed by atoms with Gasteiger partial charge in [0.1, 0.15) is 11.2 Å². The van der Waals surface area contributed by atoms with Crippen molar-refractivity contribution in [3.05, 3.63) is 473 Å². The quantitative estimate of drug-likeness (QED) is 0.102. The predicted molar refractivity (Wildman–Crippen MR) is 567 cm³/mol. The summed E-state index contributed by atoms with van der Waals surface area (Å²) in [5.41, 5.74) is 25.5. The lowest BCUT2D eigenvalue weighted by Crippen LogP contribution is -2.01. The third-order valence-corrected chi connectivity index (χ3v) is 26.9. The van der Waals surface area contributed by atoms with E-state index in [-0.39, 0.29) is 0 Å². The summed E-state index contributed by atoms with van der Waals surface area (Å²) in [6.45, 7) is 0. The molecule has 0 aliphatic carbocycles. The number of hydrogen-bond acceptors (Lipinski definition) is 12. The first-order valence-corrected chi connectivity index (χ1v) is 46.9. The SMILES string of the molecule is N#Cc1ccc2c(c1)c1ccccc1n2-c1ccc(-c2nc(-c3ccccc3)nc(-c3ccccc3)n2)cc1.c1ccc(-c2nc(-c3ccccc3)nc(-c3cccc(-n4c5ccccc5c5cc(-c6ccc7oc8ccccc8c7c6)ccc54)c3)n2)cc1.c1ccc(-c2nc(-c3ccccc3)nc(-c3cccc(-n4c5ccccc5c5cc(-c6ccc7sc8ccccc8c7c6)ccc54)c3)n2)cc1. The van der Waals surface area contributed by atoms with Crippen LogP contribution in [0.15, 0.2) is 472 Å². The minimum Gasteiger partial charge on any atom is -0.456 e. The highest BCUT2D eigenvalue weighted by atomic mass is 32.1. The summed E-state index contributed by atoms with van der Waals surface area (Å²) in [5.74, 6) is 5.75. The van der Waals surface area contributed by atoms with Crippen LogP contribution in [0.3, 0.4) is 0 Å². The third kappa shape index (κ3) is 15.5. The Morgan fingerprint density at radius 2 is 0.460 bits per heavy atom. The Kier molecular flexibility index (Phi) is 20.8. The van der Waals surface area contributed by atoms with Crippen molar-refractivity contribution in [2.45, 2.75) is 0 Å². The summed E-state index contributed by atoms with van der Waals surface area (Å²) < 4.78 is 15.7. The van der Waals surface area contributed by atoms with Crippen LogP contribution in [0.25, 0.3) is 249 Å². The number of nitrogens with zero attached hydrogens (tertiary/aromatic N) is 13. The molecule has 139 heavy (non-hydrogen) atoms. The van der Waals surface area contributed by atoms with E-state index in [2.05, 4.69) is 262 Å². The lowest BCUT2D eigenvalue weighted by atomic mass is 10.0. The Hall–Kier alpha value is -18.9. The molecule has 27 aromatic rings. The van der Waals surface area contributed by atoms with E-state index in [1.54, 1.807) is 0 Å². The number of aromatic nitrogens is 12. The number of hydrogen-bond donors (Lipinski definition) is 0. The molecule has 0 amide bonds. The first-order chi connectivity index (χ1) is 68.8. The van der Waals surface area contributed by atoms with Gasteiger partial charge in [0.2, 0.25) is 0 Å². The van der Waals surface area contributed by atoms with E-state index in [1.807, 2.05) is 236 Å². The van der Waals surface area contributed by atoms with E-state index >= 15 is 0 Å². The molecule has 0 saturated heterocycles. The zero-order chi connectivity index (χ0) is 92.2. The zero-order valence-electron chi connectivity index (χ0n) is 74.6. The predicted octanol–water partition coefficient (Wildman–Crippen LogP) is 31.4. The van der Waals surface area contributed by atoms with Crippen LogP contribution in [0.4, 0.5) is 0 Å². The normalized spacial score (nSPS) is 11.4. The number of thiophene rings is 1. The molecule has 8 aromatic heterocycles. The van der Waals surface area contributed by atoms with Crippen LogP contribution < -0.4 is 0 Å². The van der Waals surface area contributed by atoms with Gasteiger partial charge in [-0.15, -0.1) is 11.3 Å². The van der Waals surface area contributed by atoms with E-state index in [0.29, 0.717) is 58.0 Å². The average molecular weight is 1800 g/mol. The van der Waals surface area contributed by atoms with Crippen molar-refractivity contribution in [3.8, 4) is 148 Å². The van der Waals surface area contributed by atoms with Crippen LogP contribution >= 0.6 is 11.3 Å². The molecule has 0 unspecified atom stereocenters. The highest BCUT2D eigenvalue weighted by Gasteiger charge is 2.23. The molecule has 0 aliphatic rings. The van der Waals surface area contributed by atoms with Gasteiger partial charge in [0.05, 0.1) is 44.7 Å². The number of furan rings is 1. The molecule has 8 heterocycles. The first kappa shape index (κ1) is 82.1. The van der Waals surface area contributed by atoms with E-state index in [1.165, 1.54) is 52.8 Å². The van der Waals surface area contributed by atoms with Gasteiger partial charge < -0.3 is 18.1 Å². The minimum atomic E-state index is 0.621. The molecular formula is C124H77N13OS. The highest BCUT2D eigenvalue weighted by Crippen LogP contribution is 2.44. The van der Waals surface area contributed by atoms with Gasteiger partial charge in [-0.05, 0) is 168 Å². The van der Waals surface area contributed by atoms with Gasteiger partial charge in [0, 0.05) is 130 Å². The number of benzene rings is 19. The van der Waals surface area contributed by atoms with E-state index < -0.39 is 0 Å². The van der Waals surface area contributed by atoms with E-state index in [9.17, 15) is 5.26 Å². The van der Waals surface area contributed by atoms with Crippen molar-refractivity contribution in [1.82, 2.24) is 58.6 Å². The van der Waals surface area contributed by atoms with Gasteiger partial charge >= 0.3 is 0 Å². The standard InChI is InChI=1S/C45H28N4O.C45H28N4S.C34H21N5/c2*1-3-12-29(13-4-1)43-46-44(30-14-5-2-6-15-30)48-45(47-43)33-16-11-17-34(26-33)49-39-20-9-7-18-35(39)37-27-31(22-24-40(37)49)32-23-25-42-38(28-32)36-19-8-10-21-41(36)50-42;35-22-23-15-20-31-29(21-23)28-13-7-8-14-30(28)39(31)27-18-16-26(17-19-27)34-37-32(24-9-3-1-4-10-24)36-33(38-34)25-11-5-2-6-12-25/h2*1-28H;1-21H. The fourth-order valence-electron chi connectivity index (χ4n) is 19.1. The molecule has 0 saturated carbocycles. The molecule has 0 fully saturated rings. The molecule has 0 bridgehead atoms. The summed E-state index contributed by atoms with van der Waals surface area (Å²) in [6.07, 6.45) is 0. The number of rotatable bonds is 14. The summed E-state index contributed by atoms with van der Waals surface area (Å²) >= 11 is 1.85. The Labute approximate surface area is 802 Å². The lowest BCUT2D eigenvalue weighted by molar-refractivity contribution is 0.669. The van der Waals surface area contributed by atoms with Crippen molar-refractivity contribution in [2.75, 3.05) is 0 Å². The van der Waals surface area contributed by atoms with Gasteiger partial charge in [0.15, 0.2) is 52.4 Å². The monoisotopic (exact) mass is 1800 g/mol. The second-order valence-electron chi connectivity index (χ2n) is 34.2. The van der Waals surface area contributed by atoms with E-state index in [0.717, 1.165) is 144 Å². The van der Waals surface area contributed by atoms with Gasteiger partial charge in [0.25, 0.3) is 0 Å². The van der Waals surface area contributed by atoms with Gasteiger partial charge in [-0.25, -0.2) is 44.9 Å². The van der Waals surface area contributed by atoms with E-state index in [4.69, 9.17) is 49.3 Å². The Balaban J connectivity index is 0.000000111. The maximum Gasteiger partial charge on any atom is 0.164 e. The molecule has 0 atom stereocenters. The fraction of sp³-hybridized carbons (Fsp3) is 0. The average Bonchev–Trinajstić information content (AvgIpc) is 1.59. The number of para-hydroxylation sites is 4. The maximum absolute atomic E-state index is 9.44. The molecular weight excluding hydrogens is 1720 g/mol. The highest BCUT2D eigenvalue weighted by molar-refractivity contribution is 7.25. The molecule has 14 nitrogen and oxygen atoms in total. The summed E-state index contributed by atoms with van der Waals surface area (Å²) in [7, 11) is 0. The van der Waals surface area contributed by atoms with Crippen LogP contribution in [0.2, 0.25) is 0 Å². The smallest absolute Gasteiger partial charge is 0.164 e. The van der Waals surface area contributed by atoms with Crippen molar-refractivity contribution in [2.24, 2.45) is 0 Å². The summed E-state index contributed by atoms with van der Waals surface area (Å²) in [5, 5.41) is 21.3. The lowest BCUT2D eigenvalue weighted by Gasteiger charge is -2.12. The van der Waals surface area contributed by atoms with Crippen molar-refractivity contribution >= 4 is 119 Å². The van der Waals surface area contributed by atoms with Gasteiger partial charge in [-0.2, -0.15) is 5.26 Å². The molecule has 650 valence electrons. The Morgan fingerprint density at radius 1 is 0.180 bits per heavy atom. The molecule has 15 heteroatoms. The summed E-state index contributed by atoms with van der Waals surface area (Å²) in [6, 6.07) is 163. The topological polar surface area (TPSA) is 168 Å². The largest absolute Gasteiger partial charge is 0.456 e. The number of fused-ring (bicyclic) bond motifs is 15. The maximum atomic E-state index is 9.44. The van der Waals surface area contributed by atoms with Crippen molar-refractivity contribution < 1.29 is 4.42 Å². The van der Waals surface area contributed by atoms with Gasteiger partial charge in [-0.1, -0.05) is 322 Å². The Morgan fingerprint density at radius 3 is 0.878 bits per heavy atom. The first-order valence-electron chi connectivity index (χ1n) is 46.1. The van der Waals surface area contributed by atoms with Gasteiger partial charge in [-0.3, -0.25) is 0 Å². The molecule has 0 N–H and O–H groups in total. The van der Waals surface area contributed by atoms with Crippen molar-refractivity contribution in [3.63, 3.8) is 0 Å². The van der Waals surface area contributed by atoms with Crippen LogP contribution in [-0.4, -0.2) is 58.6 Å². The van der Waals surface area contributed by atoms with Crippen LogP contribution in [-0.2, 0) is 0 Å². The fourth-order valence-corrected chi connectivity index (χ4v) is 20.2. The van der Waals surface area contributed by atoms with Crippen LogP contribution in [0.1, 0.15) is 5.56 Å². The number of nitriles is 1. The molecule has 27 rings (SSSR count). The van der Waals surface area contributed by atoms with Crippen LogP contribution in [0.5, 0.6) is 0 Å². The molecule has 0 aliphatic heterocycles. The second-order valence-corrected chi connectivity index (χ2v) is 35.3. The minimum absolute atomic E-state index is 0.621. The zero-order valence-corrected chi connectivity index (χ0v) is 75.4. The summed E-state index contributed by atoms with van der Waals surface area (Å²) in [4.78, 5) is 44.2. The molecule has 0 spiro atoms. The van der Waals surface area contributed by atoms with Crippen molar-refractivity contribution in [1.29, 1.82) is 5.26 Å².